The molecule has 0 aliphatic heterocycles. The molecule has 3 N–H and O–H groups in total. The number of hydrogen-bond acceptors (Lipinski definition) is 5. The van der Waals surface area contributed by atoms with E-state index in [4.69, 9.17) is 15.1 Å². The summed E-state index contributed by atoms with van der Waals surface area (Å²) in [6.07, 6.45) is -0.610. The topological polar surface area (TPSA) is 85.5 Å². The lowest BCUT2D eigenvalue weighted by Gasteiger charge is -2.15. The lowest BCUT2D eigenvalue weighted by atomic mass is 10.2. The van der Waals surface area contributed by atoms with Gasteiger partial charge < -0.3 is 20.3 Å². The summed E-state index contributed by atoms with van der Waals surface area (Å²) < 4.78 is 5.40. The van der Waals surface area contributed by atoms with Gasteiger partial charge in [-0.15, -0.1) is 0 Å². The molecule has 1 rings (SSSR count). The summed E-state index contributed by atoms with van der Waals surface area (Å²) in [7, 11) is 0. The third-order valence-electron chi connectivity index (χ3n) is 2.61. The maximum atomic E-state index is 9.69. The summed E-state index contributed by atoms with van der Waals surface area (Å²) >= 11 is 0. The quantitative estimate of drug-likeness (QED) is 0.637. The van der Waals surface area contributed by atoms with Crippen LogP contribution in [0.5, 0.6) is 5.75 Å². The highest BCUT2D eigenvalue weighted by molar-refractivity contribution is 5.34. The monoisotopic (exact) mass is 264 g/mol. The van der Waals surface area contributed by atoms with E-state index in [1.807, 2.05) is 13.0 Å². The lowest BCUT2D eigenvalue weighted by Crippen LogP contribution is -2.34. The van der Waals surface area contributed by atoms with E-state index in [0.29, 0.717) is 24.4 Å². The first-order chi connectivity index (χ1) is 9.15. The Bertz CT molecular complexity index is 400. The van der Waals surface area contributed by atoms with Gasteiger partial charge in [-0.25, -0.2) is 0 Å². The first kappa shape index (κ1) is 15.4. The van der Waals surface area contributed by atoms with Gasteiger partial charge in [0.05, 0.1) is 11.6 Å². The number of rotatable bonds is 8. The third-order valence-corrected chi connectivity index (χ3v) is 2.61. The highest BCUT2D eigenvalue weighted by Gasteiger charge is 2.06. The number of aliphatic hydroxyl groups is 2. The number of nitriles is 1. The number of hydrogen-bond donors (Lipinski definition) is 3. The van der Waals surface area contributed by atoms with Crippen LogP contribution in [0.3, 0.4) is 0 Å². The fourth-order valence-electron chi connectivity index (χ4n) is 1.44. The SMILES string of the molecule is CC(CO)CNCC(O)COc1ccc(C#N)cc1. The van der Waals surface area contributed by atoms with Gasteiger partial charge in [0.15, 0.2) is 0 Å². The molecule has 2 unspecified atom stereocenters. The molecule has 0 saturated heterocycles. The van der Waals surface area contributed by atoms with Gasteiger partial charge in [-0.2, -0.15) is 5.26 Å². The van der Waals surface area contributed by atoms with Gasteiger partial charge in [-0.05, 0) is 36.7 Å². The molecule has 2 atom stereocenters. The number of ether oxygens (including phenoxy) is 1. The minimum atomic E-state index is -0.610. The Morgan fingerprint density at radius 3 is 2.58 bits per heavy atom. The van der Waals surface area contributed by atoms with Crippen LogP contribution in [-0.2, 0) is 0 Å². The van der Waals surface area contributed by atoms with E-state index in [1.54, 1.807) is 24.3 Å². The van der Waals surface area contributed by atoms with Crippen molar-refractivity contribution in [2.45, 2.75) is 13.0 Å². The predicted octanol–water partition coefficient (Wildman–Crippen LogP) is 0.516. The van der Waals surface area contributed by atoms with Crippen molar-refractivity contribution in [3.8, 4) is 11.8 Å². The van der Waals surface area contributed by atoms with Crippen molar-refractivity contribution in [2.75, 3.05) is 26.3 Å². The molecule has 1 aromatic rings. The average molecular weight is 264 g/mol. The van der Waals surface area contributed by atoms with Crippen LogP contribution in [0, 0.1) is 17.2 Å². The summed E-state index contributed by atoms with van der Waals surface area (Å²) in [4.78, 5) is 0. The van der Waals surface area contributed by atoms with Crippen LogP contribution in [-0.4, -0.2) is 42.6 Å². The molecule has 1 aromatic carbocycles. The molecule has 0 aromatic heterocycles. The summed E-state index contributed by atoms with van der Waals surface area (Å²) in [5.74, 6) is 0.799. The van der Waals surface area contributed by atoms with E-state index < -0.39 is 6.10 Å². The molecule has 0 aliphatic carbocycles. The molecule has 5 nitrogen and oxygen atoms in total. The number of nitrogens with zero attached hydrogens (tertiary/aromatic N) is 1. The first-order valence-electron chi connectivity index (χ1n) is 6.28. The molecule has 0 aliphatic rings. The fourth-order valence-corrected chi connectivity index (χ4v) is 1.44. The molecule has 0 spiro atoms. The maximum absolute atomic E-state index is 9.69. The Morgan fingerprint density at radius 2 is 2.00 bits per heavy atom. The second-order valence-corrected chi connectivity index (χ2v) is 4.55. The van der Waals surface area contributed by atoms with Crippen molar-refractivity contribution in [3.05, 3.63) is 29.8 Å². The molecule has 104 valence electrons. The van der Waals surface area contributed by atoms with Crippen molar-refractivity contribution < 1.29 is 14.9 Å². The molecule has 19 heavy (non-hydrogen) atoms. The highest BCUT2D eigenvalue weighted by Crippen LogP contribution is 2.11. The van der Waals surface area contributed by atoms with Crippen molar-refractivity contribution in [1.82, 2.24) is 5.32 Å². The number of nitrogens with one attached hydrogen (secondary N) is 1. The van der Waals surface area contributed by atoms with Gasteiger partial charge >= 0.3 is 0 Å². The van der Waals surface area contributed by atoms with E-state index in [1.165, 1.54) is 0 Å². The molecule has 0 fully saturated rings. The molecule has 0 radical (unpaired) electrons. The molecular weight excluding hydrogens is 244 g/mol. The molecule has 5 heteroatoms. The summed E-state index contributed by atoms with van der Waals surface area (Å²) in [6, 6.07) is 8.77. The van der Waals surface area contributed by atoms with Crippen LogP contribution in [0.2, 0.25) is 0 Å². The fraction of sp³-hybridized carbons (Fsp3) is 0.500. The molecule has 0 heterocycles. The second kappa shape index (κ2) is 8.48. The molecule has 0 saturated carbocycles. The first-order valence-corrected chi connectivity index (χ1v) is 6.28. The van der Waals surface area contributed by atoms with Crippen LogP contribution in [0.25, 0.3) is 0 Å². The second-order valence-electron chi connectivity index (χ2n) is 4.55. The van der Waals surface area contributed by atoms with Gasteiger partial charge in [-0.3, -0.25) is 0 Å². The van der Waals surface area contributed by atoms with Gasteiger partial charge in [0.1, 0.15) is 18.5 Å². The Hall–Kier alpha value is -1.61. The Balaban J connectivity index is 2.22. The average Bonchev–Trinajstić information content (AvgIpc) is 2.45. The van der Waals surface area contributed by atoms with Crippen LogP contribution in [0.15, 0.2) is 24.3 Å². The number of aliphatic hydroxyl groups excluding tert-OH is 2. The molecule has 0 amide bonds. The van der Waals surface area contributed by atoms with Crippen molar-refractivity contribution >= 4 is 0 Å². The van der Waals surface area contributed by atoms with E-state index in [0.717, 1.165) is 0 Å². The van der Waals surface area contributed by atoms with Crippen molar-refractivity contribution in [3.63, 3.8) is 0 Å². The minimum absolute atomic E-state index is 0.130. The molecular formula is C14H20N2O3. The normalized spacial score (nSPS) is 13.6. The van der Waals surface area contributed by atoms with Crippen LogP contribution in [0.4, 0.5) is 0 Å². The van der Waals surface area contributed by atoms with E-state index >= 15 is 0 Å². The van der Waals surface area contributed by atoms with E-state index in [9.17, 15) is 5.11 Å². The molecule has 0 bridgehead atoms. The Labute approximate surface area is 113 Å². The largest absolute Gasteiger partial charge is 0.491 e. The summed E-state index contributed by atoms with van der Waals surface area (Å²) in [5, 5.41) is 30.2. The third kappa shape index (κ3) is 6.20. The minimum Gasteiger partial charge on any atom is -0.491 e. The van der Waals surface area contributed by atoms with E-state index in [-0.39, 0.29) is 19.1 Å². The predicted molar refractivity (Wildman–Crippen MR) is 71.8 cm³/mol. The van der Waals surface area contributed by atoms with E-state index in [2.05, 4.69) is 5.32 Å². The zero-order valence-electron chi connectivity index (χ0n) is 11.0. The van der Waals surface area contributed by atoms with Crippen LogP contribution >= 0.6 is 0 Å². The zero-order valence-corrected chi connectivity index (χ0v) is 11.0. The maximum Gasteiger partial charge on any atom is 0.119 e. The van der Waals surface area contributed by atoms with Gasteiger partial charge in [0.25, 0.3) is 0 Å². The summed E-state index contributed by atoms with van der Waals surface area (Å²) in [6.45, 7) is 3.31. The Kier molecular flexibility index (Phi) is 6.90. The van der Waals surface area contributed by atoms with Crippen LogP contribution in [0.1, 0.15) is 12.5 Å². The Morgan fingerprint density at radius 1 is 1.32 bits per heavy atom. The van der Waals surface area contributed by atoms with Gasteiger partial charge in [0, 0.05) is 13.2 Å². The number of benzene rings is 1. The smallest absolute Gasteiger partial charge is 0.119 e. The zero-order chi connectivity index (χ0) is 14.1. The van der Waals surface area contributed by atoms with Crippen LogP contribution < -0.4 is 10.1 Å². The highest BCUT2D eigenvalue weighted by atomic mass is 16.5. The van der Waals surface area contributed by atoms with Gasteiger partial charge in [0.2, 0.25) is 0 Å². The standard InChI is InChI=1S/C14H20N2O3/c1-11(9-17)7-16-8-13(18)10-19-14-4-2-12(6-15)3-5-14/h2-5,11,13,16-18H,7-10H2,1H3. The van der Waals surface area contributed by atoms with Gasteiger partial charge in [-0.1, -0.05) is 6.92 Å². The van der Waals surface area contributed by atoms with Crippen molar-refractivity contribution in [1.29, 1.82) is 5.26 Å². The van der Waals surface area contributed by atoms with Crippen molar-refractivity contribution in [2.24, 2.45) is 5.92 Å². The lowest BCUT2D eigenvalue weighted by molar-refractivity contribution is 0.104. The summed E-state index contributed by atoms with van der Waals surface area (Å²) in [5.41, 5.74) is 0.576.